The normalized spacial score (nSPS) is 24.1. The SMILES string of the molecule is CCCNCC(C)S(=O)(=O)NC(C)C1CCCO1. The summed E-state index contributed by atoms with van der Waals surface area (Å²) in [5, 5.41) is 2.71. The van der Waals surface area contributed by atoms with Crippen molar-refractivity contribution >= 4 is 10.0 Å². The summed E-state index contributed by atoms with van der Waals surface area (Å²) in [5.41, 5.74) is 0. The molecule has 0 bridgehead atoms. The average molecular weight is 278 g/mol. The second-order valence-corrected chi connectivity index (χ2v) is 7.15. The summed E-state index contributed by atoms with van der Waals surface area (Å²) in [7, 11) is -3.27. The average Bonchev–Trinajstić information content (AvgIpc) is 2.82. The summed E-state index contributed by atoms with van der Waals surface area (Å²) in [5.74, 6) is 0. The monoisotopic (exact) mass is 278 g/mol. The minimum atomic E-state index is -3.27. The first-order valence-electron chi connectivity index (χ1n) is 6.80. The highest BCUT2D eigenvalue weighted by atomic mass is 32.2. The molecule has 0 aromatic rings. The summed E-state index contributed by atoms with van der Waals surface area (Å²) in [6, 6.07) is -0.147. The van der Waals surface area contributed by atoms with E-state index in [0.29, 0.717) is 6.54 Å². The fourth-order valence-corrected chi connectivity index (χ4v) is 3.28. The van der Waals surface area contributed by atoms with Gasteiger partial charge in [-0.05, 0) is 39.7 Å². The van der Waals surface area contributed by atoms with Gasteiger partial charge < -0.3 is 10.1 Å². The quantitative estimate of drug-likeness (QED) is 0.646. The van der Waals surface area contributed by atoms with Crippen LogP contribution < -0.4 is 10.0 Å². The molecule has 1 aliphatic rings. The highest BCUT2D eigenvalue weighted by Gasteiger charge is 2.28. The number of nitrogens with one attached hydrogen (secondary N) is 2. The lowest BCUT2D eigenvalue weighted by atomic mass is 10.1. The summed E-state index contributed by atoms with van der Waals surface area (Å²) < 4.78 is 32.4. The van der Waals surface area contributed by atoms with Gasteiger partial charge >= 0.3 is 0 Å². The predicted molar refractivity (Wildman–Crippen MR) is 73.1 cm³/mol. The van der Waals surface area contributed by atoms with Gasteiger partial charge in [0.05, 0.1) is 11.4 Å². The van der Waals surface area contributed by atoms with Crippen LogP contribution in [0.1, 0.15) is 40.0 Å². The third kappa shape index (κ3) is 4.84. The Morgan fingerprint density at radius 1 is 1.39 bits per heavy atom. The molecule has 0 amide bonds. The summed E-state index contributed by atoms with van der Waals surface area (Å²) in [6.45, 7) is 7.74. The van der Waals surface area contributed by atoms with Crippen molar-refractivity contribution in [3.8, 4) is 0 Å². The van der Waals surface area contributed by atoms with Gasteiger partial charge in [-0.3, -0.25) is 0 Å². The van der Waals surface area contributed by atoms with Crippen LogP contribution in [0.15, 0.2) is 0 Å². The summed E-state index contributed by atoms with van der Waals surface area (Å²) in [6.07, 6.45) is 2.98. The van der Waals surface area contributed by atoms with Gasteiger partial charge in [-0.25, -0.2) is 13.1 Å². The number of ether oxygens (including phenoxy) is 1. The highest BCUT2D eigenvalue weighted by molar-refractivity contribution is 7.90. The van der Waals surface area contributed by atoms with Crippen LogP contribution >= 0.6 is 0 Å². The van der Waals surface area contributed by atoms with Crippen LogP contribution in [0.3, 0.4) is 0 Å². The summed E-state index contributed by atoms with van der Waals surface area (Å²) in [4.78, 5) is 0. The number of hydrogen-bond acceptors (Lipinski definition) is 4. The molecule has 0 saturated carbocycles. The predicted octanol–water partition coefficient (Wildman–Crippen LogP) is 0.861. The van der Waals surface area contributed by atoms with Crippen molar-refractivity contribution in [1.29, 1.82) is 0 Å². The lowest BCUT2D eigenvalue weighted by molar-refractivity contribution is 0.0901. The van der Waals surface area contributed by atoms with E-state index in [-0.39, 0.29) is 12.1 Å². The first-order valence-corrected chi connectivity index (χ1v) is 8.35. The summed E-state index contributed by atoms with van der Waals surface area (Å²) >= 11 is 0. The van der Waals surface area contributed by atoms with E-state index in [1.165, 1.54) is 0 Å². The maximum absolute atomic E-state index is 12.1. The molecule has 0 spiro atoms. The first kappa shape index (κ1) is 15.9. The molecule has 1 fully saturated rings. The molecular weight excluding hydrogens is 252 g/mol. The first-order chi connectivity index (χ1) is 8.47. The molecule has 0 aromatic heterocycles. The van der Waals surface area contributed by atoms with Crippen molar-refractivity contribution in [2.24, 2.45) is 0 Å². The molecule has 0 aromatic carbocycles. The maximum Gasteiger partial charge on any atom is 0.215 e. The van der Waals surface area contributed by atoms with E-state index in [2.05, 4.69) is 17.0 Å². The molecule has 3 atom stereocenters. The van der Waals surface area contributed by atoms with Crippen LogP contribution in [0.25, 0.3) is 0 Å². The van der Waals surface area contributed by atoms with E-state index in [4.69, 9.17) is 4.74 Å². The zero-order chi connectivity index (χ0) is 13.6. The van der Waals surface area contributed by atoms with Gasteiger partial charge in [-0.15, -0.1) is 0 Å². The van der Waals surface area contributed by atoms with E-state index < -0.39 is 15.3 Å². The molecule has 0 radical (unpaired) electrons. The van der Waals surface area contributed by atoms with Gasteiger partial charge in [0.2, 0.25) is 10.0 Å². The Morgan fingerprint density at radius 3 is 2.67 bits per heavy atom. The Hall–Kier alpha value is -0.170. The van der Waals surface area contributed by atoms with Gasteiger partial charge in [0.15, 0.2) is 0 Å². The molecule has 2 N–H and O–H groups in total. The number of rotatable bonds is 8. The van der Waals surface area contributed by atoms with Crippen LogP contribution in [-0.4, -0.2) is 45.5 Å². The molecule has 1 heterocycles. The van der Waals surface area contributed by atoms with Crippen molar-refractivity contribution < 1.29 is 13.2 Å². The molecule has 0 aliphatic carbocycles. The Bertz CT molecular complexity index is 326. The van der Waals surface area contributed by atoms with Crippen molar-refractivity contribution in [2.75, 3.05) is 19.7 Å². The zero-order valence-corrected chi connectivity index (χ0v) is 12.4. The van der Waals surface area contributed by atoms with Crippen LogP contribution in [0.5, 0.6) is 0 Å². The molecule has 1 aliphatic heterocycles. The Morgan fingerprint density at radius 2 is 2.11 bits per heavy atom. The van der Waals surface area contributed by atoms with E-state index in [0.717, 1.165) is 32.4 Å². The van der Waals surface area contributed by atoms with Crippen LogP contribution in [0.4, 0.5) is 0 Å². The largest absolute Gasteiger partial charge is 0.377 e. The van der Waals surface area contributed by atoms with E-state index in [9.17, 15) is 8.42 Å². The Balaban J connectivity index is 2.41. The second-order valence-electron chi connectivity index (χ2n) is 5.02. The van der Waals surface area contributed by atoms with Crippen LogP contribution in [-0.2, 0) is 14.8 Å². The Labute approximate surface area is 111 Å². The lowest BCUT2D eigenvalue weighted by Gasteiger charge is -2.22. The smallest absolute Gasteiger partial charge is 0.215 e. The number of hydrogen-bond donors (Lipinski definition) is 2. The van der Waals surface area contributed by atoms with Crippen molar-refractivity contribution in [2.45, 2.75) is 57.4 Å². The molecule has 6 heteroatoms. The van der Waals surface area contributed by atoms with Crippen molar-refractivity contribution in [3.05, 3.63) is 0 Å². The third-order valence-electron chi connectivity index (χ3n) is 3.26. The molecule has 108 valence electrons. The van der Waals surface area contributed by atoms with Gasteiger partial charge in [0, 0.05) is 19.2 Å². The molecular formula is C12H26N2O3S. The van der Waals surface area contributed by atoms with Gasteiger partial charge in [-0.2, -0.15) is 0 Å². The van der Waals surface area contributed by atoms with Gasteiger partial charge in [0.1, 0.15) is 0 Å². The second kappa shape index (κ2) is 7.43. The van der Waals surface area contributed by atoms with Crippen LogP contribution in [0.2, 0.25) is 0 Å². The van der Waals surface area contributed by atoms with Crippen molar-refractivity contribution in [3.63, 3.8) is 0 Å². The van der Waals surface area contributed by atoms with Gasteiger partial charge in [0.25, 0.3) is 0 Å². The van der Waals surface area contributed by atoms with Gasteiger partial charge in [-0.1, -0.05) is 6.92 Å². The fourth-order valence-electron chi connectivity index (χ4n) is 2.04. The molecule has 1 saturated heterocycles. The highest BCUT2D eigenvalue weighted by Crippen LogP contribution is 2.16. The Kier molecular flexibility index (Phi) is 6.55. The molecule has 3 unspecified atom stereocenters. The molecule has 1 rings (SSSR count). The number of sulfonamides is 1. The maximum atomic E-state index is 12.1. The van der Waals surface area contributed by atoms with E-state index >= 15 is 0 Å². The molecule has 5 nitrogen and oxygen atoms in total. The molecule has 18 heavy (non-hydrogen) atoms. The standard InChI is InChI=1S/C12H26N2O3S/c1-4-7-13-9-10(2)18(15,16)14-11(3)12-6-5-8-17-12/h10-14H,4-9H2,1-3H3. The zero-order valence-electron chi connectivity index (χ0n) is 11.6. The third-order valence-corrected chi connectivity index (χ3v) is 5.19. The van der Waals surface area contributed by atoms with E-state index in [1.54, 1.807) is 6.92 Å². The lowest BCUT2D eigenvalue weighted by Crippen LogP contribution is -2.46. The topological polar surface area (TPSA) is 67.4 Å². The fraction of sp³-hybridized carbons (Fsp3) is 1.00. The van der Waals surface area contributed by atoms with Crippen molar-refractivity contribution in [1.82, 2.24) is 10.0 Å². The minimum Gasteiger partial charge on any atom is -0.377 e. The minimum absolute atomic E-state index is 0.0237. The van der Waals surface area contributed by atoms with E-state index in [1.807, 2.05) is 6.92 Å². The van der Waals surface area contributed by atoms with Crippen LogP contribution in [0, 0.1) is 0 Å².